The lowest BCUT2D eigenvalue weighted by atomic mass is 9.95. The maximum atomic E-state index is 2.56. The van der Waals surface area contributed by atoms with E-state index in [-0.39, 0.29) is 0 Å². The average molecular weight is 465 g/mol. The van der Waals surface area contributed by atoms with Crippen LogP contribution in [0.3, 0.4) is 0 Å². The van der Waals surface area contributed by atoms with Crippen LogP contribution in [-0.4, -0.2) is 62.3 Å². The predicted molar refractivity (Wildman–Crippen MR) is 148 cm³/mol. The summed E-state index contributed by atoms with van der Waals surface area (Å²) >= 11 is 0. The van der Waals surface area contributed by atoms with E-state index >= 15 is 0 Å². The third-order valence-corrected chi connectivity index (χ3v) is 9.60. The Hall–Kier alpha value is -0.0800. The van der Waals surface area contributed by atoms with E-state index in [4.69, 9.17) is 0 Å². The van der Waals surface area contributed by atoms with Crippen LogP contribution in [0.1, 0.15) is 148 Å². The van der Waals surface area contributed by atoms with Crippen molar-refractivity contribution in [3.63, 3.8) is 0 Å². The monoisotopic (exact) mass is 465 g/mol. The van der Waals surface area contributed by atoms with Gasteiger partial charge in [0.15, 0.2) is 0 Å². The van der Waals surface area contributed by atoms with Gasteiger partial charge in [0.25, 0.3) is 0 Å². The molecule has 0 heterocycles. The van der Waals surface area contributed by atoms with Gasteiger partial charge in [0.05, 0.1) is 53.4 Å². The van der Waals surface area contributed by atoms with Crippen LogP contribution in [0.25, 0.3) is 0 Å². The Bertz CT molecular complexity index is 404. The van der Waals surface area contributed by atoms with E-state index in [1.54, 1.807) is 0 Å². The second-order valence-electron chi connectivity index (χ2n) is 13.2. The Morgan fingerprint density at radius 2 is 0.576 bits per heavy atom. The molecule has 0 radical (unpaired) electrons. The Morgan fingerprint density at radius 1 is 0.364 bits per heavy atom. The molecule has 0 aromatic rings. The molecule has 2 nitrogen and oxygen atoms in total. The van der Waals surface area contributed by atoms with Crippen molar-refractivity contribution in [2.75, 3.05) is 41.3 Å². The molecule has 0 aliphatic heterocycles. The molecule has 2 aliphatic carbocycles. The number of quaternary nitrogens is 2. The van der Waals surface area contributed by atoms with Crippen LogP contribution in [0.5, 0.6) is 0 Å². The molecule has 33 heavy (non-hydrogen) atoms. The molecular weight excluding hydrogens is 400 g/mol. The van der Waals surface area contributed by atoms with E-state index in [0.29, 0.717) is 0 Å². The van der Waals surface area contributed by atoms with Crippen molar-refractivity contribution in [2.24, 2.45) is 0 Å². The first-order valence-electron chi connectivity index (χ1n) is 15.6. The van der Waals surface area contributed by atoms with Crippen molar-refractivity contribution in [3.05, 3.63) is 0 Å². The number of hydrogen-bond donors (Lipinski definition) is 0. The fourth-order valence-corrected chi connectivity index (χ4v) is 6.93. The van der Waals surface area contributed by atoms with Gasteiger partial charge in [0.2, 0.25) is 0 Å². The van der Waals surface area contributed by atoms with Crippen molar-refractivity contribution >= 4 is 0 Å². The van der Waals surface area contributed by atoms with Gasteiger partial charge in [-0.25, -0.2) is 0 Å². The summed E-state index contributed by atoms with van der Waals surface area (Å²) in [5.41, 5.74) is 0. The first kappa shape index (κ1) is 29.2. The lowest BCUT2D eigenvalue weighted by molar-refractivity contribution is -0.934. The molecule has 0 amide bonds. The molecule has 196 valence electrons. The third kappa shape index (κ3) is 12.4. The SMILES string of the molecule is C[N+](C)(CCC[N+](C)(C)C1CCCCCCCCCCC1)C1CCCCCCCCCCC1. The van der Waals surface area contributed by atoms with E-state index < -0.39 is 0 Å². The zero-order valence-electron chi connectivity index (χ0n) is 23.7. The lowest BCUT2D eigenvalue weighted by Crippen LogP contribution is -2.53. The average Bonchev–Trinajstić information content (AvgIpc) is 2.74. The van der Waals surface area contributed by atoms with Crippen LogP contribution in [0, 0.1) is 0 Å². The number of hydrogen-bond acceptors (Lipinski definition) is 0. The zero-order valence-corrected chi connectivity index (χ0v) is 23.7. The van der Waals surface area contributed by atoms with Crippen molar-refractivity contribution in [3.8, 4) is 0 Å². The standard InChI is InChI=1S/C31H64N2/c1-32(2,30-24-19-15-11-7-5-8-12-16-20-25-30)28-23-29-33(3,4)31-26-21-17-13-9-6-10-14-18-22-27-31/h30-31H,5-29H2,1-4H3/q+2. The third-order valence-electron chi connectivity index (χ3n) is 9.60. The molecule has 0 bridgehead atoms. The number of rotatable bonds is 6. The van der Waals surface area contributed by atoms with Gasteiger partial charge in [-0.15, -0.1) is 0 Å². The fourth-order valence-electron chi connectivity index (χ4n) is 6.93. The molecule has 0 saturated heterocycles. The minimum absolute atomic E-state index is 0.890. The van der Waals surface area contributed by atoms with Gasteiger partial charge >= 0.3 is 0 Å². The van der Waals surface area contributed by atoms with Gasteiger partial charge in [-0.3, -0.25) is 0 Å². The van der Waals surface area contributed by atoms with E-state index in [0.717, 1.165) is 12.1 Å². The van der Waals surface area contributed by atoms with Crippen molar-refractivity contribution in [2.45, 2.75) is 160 Å². The highest BCUT2D eigenvalue weighted by atomic mass is 15.4. The minimum Gasteiger partial charge on any atom is -0.326 e. The normalized spacial score (nSPS) is 23.6. The maximum absolute atomic E-state index is 2.56. The smallest absolute Gasteiger partial charge is 0.0886 e. The summed E-state index contributed by atoms with van der Waals surface area (Å²) < 4.78 is 2.54. The molecular formula is C31H64N2+2. The molecule has 0 N–H and O–H groups in total. The van der Waals surface area contributed by atoms with Gasteiger partial charge in [-0.05, 0) is 51.4 Å². The van der Waals surface area contributed by atoms with Gasteiger partial charge in [0, 0.05) is 6.42 Å². The van der Waals surface area contributed by atoms with Crippen molar-refractivity contribution < 1.29 is 8.97 Å². The summed E-state index contributed by atoms with van der Waals surface area (Å²) in [6, 6.07) is 1.78. The van der Waals surface area contributed by atoms with Crippen molar-refractivity contribution in [1.29, 1.82) is 0 Å². The topological polar surface area (TPSA) is 0 Å². The highest BCUT2D eigenvalue weighted by molar-refractivity contribution is 4.65. The van der Waals surface area contributed by atoms with Crippen LogP contribution < -0.4 is 0 Å². The Morgan fingerprint density at radius 3 is 0.818 bits per heavy atom. The highest BCUT2D eigenvalue weighted by Crippen LogP contribution is 2.26. The van der Waals surface area contributed by atoms with E-state index in [9.17, 15) is 0 Å². The Labute approximate surface area is 210 Å². The van der Waals surface area contributed by atoms with Crippen LogP contribution in [0.2, 0.25) is 0 Å². The summed E-state index contributed by atoms with van der Waals surface area (Å²) in [6.45, 7) is 2.75. The molecule has 2 rings (SSSR count). The molecule has 0 atom stereocenters. The van der Waals surface area contributed by atoms with Gasteiger partial charge in [0.1, 0.15) is 0 Å². The van der Waals surface area contributed by atoms with Gasteiger partial charge in [-0.1, -0.05) is 89.9 Å². The van der Waals surface area contributed by atoms with Crippen LogP contribution in [-0.2, 0) is 0 Å². The molecule has 0 aromatic heterocycles. The van der Waals surface area contributed by atoms with Crippen LogP contribution in [0.4, 0.5) is 0 Å². The summed E-state index contributed by atoms with van der Waals surface area (Å²) in [5, 5.41) is 0. The summed E-state index contributed by atoms with van der Waals surface area (Å²) in [5.74, 6) is 0. The predicted octanol–water partition coefficient (Wildman–Crippen LogP) is 8.88. The summed E-state index contributed by atoms with van der Waals surface area (Å²) in [4.78, 5) is 0. The maximum Gasteiger partial charge on any atom is 0.0886 e. The van der Waals surface area contributed by atoms with Gasteiger partial charge < -0.3 is 8.97 Å². The molecule has 2 saturated carbocycles. The molecule has 2 heteroatoms. The second kappa shape index (κ2) is 16.6. The molecule has 2 fully saturated rings. The van der Waals surface area contributed by atoms with E-state index in [2.05, 4.69) is 28.2 Å². The van der Waals surface area contributed by atoms with Crippen LogP contribution in [0.15, 0.2) is 0 Å². The van der Waals surface area contributed by atoms with Crippen LogP contribution >= 0.6 is 0 Å². The summed E-state index contributed by atoms with van der Waals surface area (Å²) in [6.07, 6.45) is 33.9. The quantitative estimate of drug-likeness (QED) is 0.344. The van der Waals surface area contributed by atoms with Crippen molar-refractivity contribution in [1.82, 2.24) is 0 Å². The largest absolute Gasteiger partial charge is 0.326 e. The van der Waals surface area contributed by atoms with Gasteiger partial charge in [-0.2, -0.15) is 0 Å². The molecule has 2 aliphatic rings. The Kier molecular flexibility index (Phi) is 14.6. The highest BCUT2D eigenvalue weighted by Gasteiger charge is 2.31. The Balaban J connectivity index is 1.83. The first-order chi connectivity index (χ1) is 15.9. The van der Waals surface area contributed by atoms with E-state index in [1.165, 1.54) is 170 Å². The fraction of sp³-hybridized carbons (Fsp3) is 1.00. The lowest BCUT2D eigenvalue weighted by Gasteiger charge is -2.42. The molecule has 0 unspecified atom stereocenters. The zero-order chi connectivity index (χ0) is 23.8. The number of nitrogens with zero attached hydrogens (tertiary/aromatic N) is 2. The summed E-state index contributed by atoms with van der Waals surface area (Å²) in [7, 11) is 10.2. The second-order valence-corrected chi connectivity index (χ2v) is 13.2. The first-order valence-corrected chi connectivity index (χ1v) is 15.6. The van der Waals surface area contributed by atoms with E-state index in [1.807, 2.05) is 0 Å². The molecule has 0 aromatic carbocycles. The minimum atomic E-state index is 0.890. The molecule has 0 spiro atoms.